The van der Waals surface area contributed by atoms with Crippen molar-refractivity contribution in [3.63, 3.8) is 0 Å². The Morgan fingerprint density at radius 3 is 1.45 bits per heavy atom. The molecule has 4 nitrogen and oxygen atoms in total. The van der Waals surface area contributed by atoms with Crippen molar-refractivity contribution in [3.8, 4) is 0 Å². The summed E-state index contributed by atoms with van der Waals surface area (Å²) in [6, 6.07) is 0. The average molecular weight is 165 g/mol. The summed E-state index contributed by atoms with van der Waals surface area (Å²) < 4.78 is 0. The standard InChI is InChI=1S/C4H11N.C3H8O3/c1-3-5-4-2;4-1-3(6)2-5/h5H,3-4H2,1-2H3;3-6H,1-2H2. The molecule has 0 rings (SSSR count). The van der Waals surface area contributed by atoms with Crippen molar-refractivity contribution in [2.24, 2.45) is 0 Å². The number of rotatable bonds is 4. The summed E-state index contributed by atoms with van der Waals surface area (Å²) in [5.74, 6) is 0. The summed E-state index contributed by atoms with van der Waals surface area (Å²) in [5.41, 5.74) is 0. The Morgan fingerprint density at radius 1 is 1.09 bits per heavy atom. The molecule has 0 spiro atoms. The minimum Gasteiger partial charge on any atom is -0.394 e. The van der Waals surface area contributed by atoms with Gasteiger partial charge in [0.05, 0.1) is 13.2 Å². The van der Waals surface area contributed by atoms with Crippen LogP contribution in [0.2, 0.25) is 0 Å². The molecule has 0 aliphatic heterocycles. The second-order valence-electron chi connectivity index (χ2n) is 1.98. The second kappa shape index (κ2) is 12.5. The summed E-state index contributed by atoms with van der Waals surface area (Å²) in [7, 11) is 0. The first kappa shape index (κ1) is 13.4. The van der Waals surface area contributed by atoms with Crippen molar-refractivity contribution in [1.82, 2.24) is 5.32 Å². The van der Waals surface area contributed by atoms with Crippen LogP contribution in [0.3, 0.4) is 0 Å². The first-order chi connectivity index (χ1) is 5.22. The molecule has 0 bridgehead atoms. The van der Waals surface area contributed by atoms with E-state index in [9.17, 15) is 0 Å². The Morgan fingerprint density at radius 2 is 1.45 bits per heavy atom. The maximum atomic E-state index is 8.17. The molecule has 0 saturated carbocycles. The average Bonchev–Trinajstić information content (AvgIpc) is 2.06. The van der Waals surface area contributed by atoms with Gasteiger partial charge in [-0.1, -0.05) is 13.8 Å². The van der Waals surface area contributed by atoms with Crippen LogP contribution in [-0.2, 0) is 0 Å². The first-order valence-electron chi connectivity index (χ1n) is 3.83. The normalized spacial score (nSPS) is 9.27. The summed E-state index contributed by atoms with van der Waals surface area (Å²) in [5, 5.41) is 27.1. The van der Waals surface area contributed by atoms with E-state index in [1.54, 1.807) is 0 Å². The molecule has 0 aromatic rings. The van der Waals surface area contributed by atoms with Crippen molar-refractivity contribution in [2.75, 3.05) is 26.3 Å². The molecule has 70 valence electrons. The molecule has 0 aliphatic rings. The molecule has 4 heteroatoms. The lowest BCUT2D eigenvalue weighted by atomic mass is 10.4. The minimum atomic E-state index is -0.954. The van der Waals surface area contributed by atoms with E-state index in [4.69, 9.17) is 15.3 Å². The third kappa shape index (κ3) is 17.7. The van der Waals surface area contributed by atoms with E-state index in [-0.39, 0.29) is 13.2 Å². The molecule has 4 N–H and O–H groups in total. The second-order valence-corrected chi connectivity index (χ2v) is 1.98. The number of hydrogen-bond donors (Lipinski definition) is 4. The van der Waals surface area contributed by atoms with Crippen LogP contribution in [0.1, 0.15) is 13.8 Å². The van der Waals surface area contributed by atoms with Crippen LogP contribution in [0.25, 0.3) is 0 Å². The van der Waals surface area contributed by atoms with Gasteiger partial charge in [-0.15, -0.1) is 0 Å². The van der Waals surface area contributed by atoms with Crippen LogP contribution in [0.4, 0.5) is 0 Å². The number of nitrogens with one attached hydrogen (secondary N) is 1. The van der Waals surface area contributed by atoms with E-state index in [0.29, 0.717) is 0 Å². The highest BCUT2D eigenvalue weighted by Crippen LogP contribution is 1.71. The Labute approximate surface area is 67.9 Å². The Balaban J connectivity index is 0. The molecule has 0 unspecified atom stereocenters. The van der Waals surface area contributed by atoms with Gasteiger partial charge in [0.1, 0.15) is 6.10 Å². The Kier molecular flexibility index (Phi) is 15.3. The fraction of sp³-hybridized carbons (Fsp3) is 1.00. The fourth-order valence-corrected chi connectivity index (χ4v) is 0.308. The minimum absolute atomic E-state index is 0.365. The predicted octanol–water partition coefficient (Wildman–Crippen LogP) is -1.05. The van der Waals surface area contributed by atoms with Crippen molar-refractivity contribution in [3.05, 3.63) is 0 Å². The lowest BCUT2D eigenvalue weighted by Crippen LogP contribution is -2.15. The summed E-state index contributed by atoms with van der Waals surface area (Å²) in [6.45, 7) is 5.66. The molecule has 0 aromatic carbocycles. The van der Waals surface area contributed by atoms with Crippen molar-refractivity contribution in [2.45, 2.75) is 20.0 Å². The molecule has 0 radical (unpaired) electrons. The molecular formula is C7H19NO3. The zero-order valence-electron chi connectivity index (χ0n) is 7.25. The summed E-state index contributed by atoms with van der Waals surface area (Å²) in [4.78, 5) is 0. The van der Waals surface area contributed by atoms with Gasteiger partial charge in [-0.3, -0.25) is 0 Å². The molecular weight excluding hydrogens is 146 g/mol. The third-order valence-electron chi connectivity index (χ3n) is 0.921. The van der Waals surface area contributed by atoms with Gasteiger partial charge in [-0.2, -0.15) is 0 Å². The first-order valence-corrected chi connectivity index (χ1v) is 3.83. The quantitative estimate of drug-likeness (QED) is 0.429. The van der Waals surface area contributed by atoms with Crippen LogP contribution in [-0.4, -0.2) is 47.7 Å². The van der Waals surface area contributed by atoms with Gasteiger partial charge < -0.3 is 20.6 Å². The van der Waals surface area contributed by atoms with Crippen molar-refractivity contribution >= 4 is 0 Å². The van der Waals surface area contributed by atoms with E-state index in [1.807, 2.05) is 0 Å². The van der Waals surface area contributed by atoms with Crippen LogP contribution in [0.5, 0.6) is 0 Å². The maximum absolute atomic E-state index is 8.17. The van der Waals surface area contributed by atoms with Gasteiger partial charge in [0.15, 0.2) is 0 Å². The largest absolute Gasteiger partial charge is 0.394 e. The lowest BCUT2D eigenvalue weighted by Gasteiger charge is -1.96. The third-order valence-corrected chi connectivity index (χ3v) is 0.921. The van der Waals surface area contributed by atoms with Crippen LogP contribution >= 0.6 is 0 Å². The predicted molar refractivity (Wildman–Crippen MR) is 44.4 cm³/mol. The van der Waals surface area contributed by atoms with E-state index in [0.717, 1.165) is 13.1 Å². The molecule has 0 aliphatic carbocycles. The monoisotopic (exact) mass is 165 g/mol. The smallest absolute Gasteiger partial charge is 0.100 e. The number of aliphatic hydroxyl groups excluding tert-OH is 3. The molecule has 0 saturated heterocycles. The SMILES string of the molecule is CCNCC.OCC(O)CO. The zero-order chi connectivity index (χ0) is 9.11. The molecule has 0 aromatic heterocycles. The number of aliphatic hydroxyl groups is 3. The molecule has 0 heterocycles. The highest BCUT2D eigenvalue weighted by atomic mass is 16.3. The van der Waals surface area contributed by atoms with Crippen molar-refractivity contribution < 1.29 is 15.3 Å². The number of hydrogen-bond acceptors (Lipinski definition) is 4. The molecule has 0 atom stereocenters. The topological polar surface area (TPSA) is 72.7 Å². The van der Waals surface area contributed by atoms with Crippen molar-refractivity contribution in [1.29, 1.82) is 0 Å². The fourth-order valence-electron chi connectivity index (χ4n) is 0.308. The summed E-state index contributed by atoms with van der Waals surface area (Å²) >= 11 is 0. The Bertz CT molecular complexity index is 55.6. The van der Waals surface area contributed by atoms with E-state index in [1.165, 1.54) is 0 Å². The maximum Gasteiger partial charge on any atom is 0.100 e. The van der Waals surface area contributed by atoms with E-state index in [2.05, 4.69) is 19.2 Å². The summed E-state index contributed by atoms with van der Waals surface area (Å²) in [6.07, 6.45) is -0.954. The van der Waals surface area contributed by atoms with Gasteiger partial charge in [0.25, 0.3) is 0 Å². The molecule has 0 fully saturated rings. The van der Waals surface area contributed by atoms with Gasteiger partial charge in [0.2, 0.25) is 0 Å². The van der Waals surface area contributed by atoms with E-state index >= 15 is 0 Å². The van der Waals surface area contributed by atoms with Gasteiger partial charge in [-0.05, 0) is 13.1 Å². The lowest BCUT2D eigenvalue weighted by molar-refractivity contribution is 0.0450. The van der Waals surface area contributed by atoms with Gasteiger partial charge >= 0.3 is 0 Å². The van der Waals surface area contributed by atoms with E-state index < -0.39 is 6.10 Å². The zero-order valence-corrected chi connectivity index (χ0v) is 7.25. The molecule has 11 heavy (non-hydrogen) atoms. The van der Waals surface area contributed by atoms with Crippen LogP contribution in [0, 0.1) is 0 Å². The highest BCUT2D eigenvalue weighted by Gasteiger charge is 1.93. The van der Waals surface area contributed by atoms with Gasteiger partial charge in [-0.25, -0.2) is 0 Å². The highest BCUT2D eigenvalue weighted by molar-refractivity contribution is 4.44. The van der Waals surface area contributed by atoms with Crippen LogP contribution in [0.15, 0.2) is 0 Å². The molecule has 0 amide bonds. The van der Waals surface area contributed by atoms with Crippen LogP contribution < -0.4 is 5.32 Å². The Hall–Kier alpha value is -0.160. The van der Waals surface area contributed by atoms with Gasteiger partial charge in [0, 0.05) is 0 Å².